The molecule has 1 aromatic carbocycles. The minimum absolute atomic E-state index is 0.0136. The van der Waals surface area contributed by atoms with Crippen molar-refractivity contribution in [3.8, 4) is 11.8 Å². The Balaban J connectivity index is 1.41. The summed E-state index contributed by atoms with van der Waals surface area (Å²) < 4.78 is 10.9. The van der Waals surface area contributed by atoms with Crippen molar-refractivity contribution in [3.63, 3.8) is 0 Å². The Morgan fingerprint density at radius 1 is 1.21 bits per heavy atom. The summed E-state index contributed by atoms with van der Waals surface area (Å²) in [7, 11) is 1.66. The predicted octanol–water partition coefficient (Wildman–Crippen LogP) is 3.44. The average Bonchev–Trinajstić information content (AvgIpc) is 3.40. The maximum absolute atomic E-state index is 13.3. The molecule has 2 aliphatic heterocycles. The maximum atomic E-state index is 13.3. The number of rotatable bonds is 4. The zero-order valence-electron chi connectivity index (χ0n) is 16.9. The summed E-state index contributed by atoms with van der Waals surface area (Å²) in [6.45, 7) is 3.95. The molecule has 2 aliphatic rings. The van der Waals surface area contributed by atoms with E-state index in [1.807, 2.05) is 17.0 Å². The van der Waals surface area contributed by atoms with Crippen molar-refractivity contribution in [2.24, 2.45) is 5.92 Å². The van der Waals surface area contributed by atoms with Crippen molar-refractivity contribution in [3.05, 3.63) is 41.4 Å². The molecule has 3 heterocycles. The lowest BCUT2D eigenvalue weighted by atomic mass is 9.94. The van der Waals surface area contributed by atoms with Gasteiger partial charge in [0.25, 0.3) is 0 Å². The number of aromatic nitrogens is 1. The van der Waals surface area contributed by atoms with Crippen LogP contribution in [0.1, 0.15) is 48.9 Å². The molecular weight excluding hydrogens is 368 g/mol. The number of carbonyl (C=O) groups excluding carboxylic acids is 1. The first-order valence-corrected chi connectivity index (χ1v) is 10.2. The Hall–Kier alpha value is -3.01. The first kappa shape index (κ1) is 19.3. The molecule has 2 fully saturated rings. The molecule has 1 atom stereocenters. The van der Waals surface area contributed by atoms with E-state index in [0.29, 0.717) is 30.6 Å². The van der Waals surface area contributed by atoms with Crippen molar-refractivity contribution >= 4 is 11.8 Å². The number of carbonyl (C=O) groups is 1. The van der Waals surface area contributed by atoms with Gasteiger partial charge in [0.05, 0.1) is 13.2 Å². The number of oxazole rings is 1. The van der Waals surface area contributed by atoms with E-state index in [1.54, 1.807) is 14.0 Å². The highest BCUT2D eigenvalue weighted by molar-refractivity contribution is 5.80. The standard InChI is InChI=1S/C22H26N4O3/c1-15-24-19(14-23)22(29-15)25-12-9-17(10-13-25)21(27)26-11-3-4-20(26)16-5-7-18(28-2)8-6-16/h5-8,17,20H,3-4,9-13H2,1-2H3/t20-/m1/s1. The van der Waals surface area contributed by atoms with Gasteiger partial charge in [-0.2, -0.15) is 5.26 Å². The van der Waals surface area contributed by atoms with Crippen LogP contribution in [-0.2, 0) is 4.79 Å². The number of amides is 1. The third-order valence-electron chi connectivity index (χ3n) is 5.99. The van der Waals surface area contributed by atoms with Crippen molar-refractivity contribution in [1.82, 2.24) is 9.88 Å². The summed E-state index contributed by atoms with van der Waals surface area (Å²) in [6, 6.07) is 10.3. The Bertz CT molecular complexity index is 907. The van der Waals surface area contributed by atoms with Crippen molar-refractivity contribution < 1.29 is 13.9 Å². The molecule has 1 aromatic heterocycles. The van der Waals surface area contributed by atoms with Crippen LogP contribution in [0.4, 0.5) is 5.88 Å². The van der Waals surface area contributed by atoms with Gasteiger partial charge in [0.15, 0.2) is 5.89 Å². The molecule has 2 saturated heterocycles. The van der Waals surface area contributed by atoms with Gasteiger partial charge >= 0.3 is 0 Å². The molecule has 29 heavy (non-hydrogen) atoms. The normalized spacial score (nSPS) is 20.0. The van der Waals surface area contributed by atoms with Crippen LogP contribution in [0.15, 0.2) is 28.7 Å². The number of aryl methyl sites for hydroxylation is 1. The zero-order chi connectivity index (χ0) is 20.4. The number of piperidine rings is 1. The predicted molar refractivity (Wildman–Crippen MR) is 108 cm³/mol. The fourth-order valence-electron chi connectivity index (χ4n) is 4.47. The second-order valence-corrected chi connectivity index (χ2v) is 7.72. The van der Waals surface area contributed by atoms with E-state index in [9.17, 15) is 10.1 Å². The molecule has 0 unspecified atom stereocenters. The molecule has 7 heteroatoms. The van der Waals surface area contributed by atoms with E-state index in [1.165, 1.54) is 5.56 Å². The molecular formula is C22H26N4O3. The van der Waals surface area contributed by atoms with Crippen LogP contribution in [0.2, 0.25) is 0 Å². The number of anilines is 1. The van der Waals surface area contributed by atoms with Crippen molar-refractivity contribution in [2.75, 3.05) is 31.6 Å². The molecule has 2 aromatic rings. The molecule has 0 spiro atoms. The molecule has 0 aliphatic carbocycles. The molecule has 0 radical (unpaired) electrons. The highest BCUT2D eigenvalue weighted by atomic mass is 16.5. The quantitative estimate of drug-likeness (QED) is 0.790. The van der Waals surface area contributed by atoms with Gasteiger partial charge in [0, 0.05) is 32.5 Å². The Labute approximate surface area is 170 Å². The van der Waals surface area contributed by atoms with Crippen molar-refractivity contribution in [2.45, 2.75) is 38.6 Å². The van der Waals surface area contributed by atoms with Gasteiger partial charge in [0.2, 0.25) is 17.5 Å². The molecule has 0 N–H and O–H groups in total. The summed E-state index contributed by atoms with van der Waals surface area (Å²) in [4.78, 5) is 21.5. The minimum Gasteiger partial charge on any atom is -0.497 e. The lowest BCUT2D eigenvalue weighted by Gasteiger charge is -2.35. The number of likely N-dealkylation sites (tertiary alicyclic amines) is 1. The van der Waals surface area contributed by atoms with E-state index in [2.05, 4.69) is 28.1 Å². The lowest BCUT2D eigenvalue weighted by Crippen LogP contribution is -2.42. The fraction of sp³-hybridized carbons (Fsp3) is 0.500. The molecule has 152 valence electrons. The Morgan fingerprint density at radius 3 is 2.59 bits per heavy atom. The topological polar surface area (TPSA) is 82.6 Å². The molecule has 4 rings (SSSR count). The van der Waals surface area contributed by atoms with Gasteiger partial charge in [0.1, 0.15) is 11.8 Å². The first-order chi connectivity index (χ1) is 14.1. The van der Waals surface area contributed by atoms with Crippen LogP contribution >= 0.6 is 0 Å². The SMILES string of the molecule is COc1ccc([C@H]2CCCN2C(=O)C2CCN(c3oc(C)nc3C#N)CC2)cc1. The van der Waals surface area contributed by atoms with E-state index < -0.39 is 0 Å². The number of benzene rings is 1. The zero-order valence-corrected chi connectivity index (χ0v) is 16.9. The molecule has 7 nitrogen and oxygen atoms in total. The largest absolute Gasteiger partial charge is 0.497 e. The summed E-state index contributed by atoms with van der Waals surface area (Å²) >= 11 is 0. The highest BCUT2D eigenvalue weighted by Crippen LogP contribution is 2.36. The van der Waals surface area contributed by atoms with Gasteiger partial charge in [-0.05, 0) is 43.4 Å². The van der Waals surface area contributed by atoms with Crippen LogP contribution in [0.25, 0.3) is 0 Å². The van der Waals surface area contributed by atoms with Crippen LogP contribution < -0.4 is 9.64 Å². The lowest BCUT2D eigenvalue weighted by molar-refractivity contribution is -0.137. The van der Waals surface area contributed by atoms with Crippen LogP contribution in [0.5, 0.6) is 5.75 Å². The van der Waals surface area contributed by atoms with Crippen molar-refractivity contribution in [1.29, 1.82) is 5.26 Å². The smallest absolute Gasteiger partial charge is 0.234 e. The second kappa shape index (κ2) is 8.16. The Kier molecular flexibility index (Phi) is 5.43. The van der Waals surface area contributed by atoms with Crippen LogP contribution in [0.3, 0.4) is 0 Å². The molecule has 0 bridgehead atoms. The number of hydrogen-bond donors (Lipinski definition) is 0. The highest BCUT2D eigenvalue weighted by Gasteiger charge is 2.36. The third-order valence-corrected chi connectivity index (χ3v) is 5.99. The molecule has 1 amide bonds. The summed E-state index contributed by atoms with van der Waals surface area (Å²) in [5.41, 5.74) is 1.50. The average molecular weight is 394 g/mol. The van der Waals surface area contributed by atoms with Gasteiger partial charge in [-0.3, -0.25) is 4.79 Å². The fourth-order valence-corrected chi connectivity index (χ4v) is 4.47. The third kappa shape index (κ3) is 3.80. The number of ether oxygens (including phenoxy) is 1. The maximum Gasteiger partial charge on any atom is 0.234 e. The summed E-state index contributed by atoms with van der Waals surface area (Å²) in [6.07, 6.45) is 3.55. The summed E-state index contributed by atoms with van der Waals surface area (Å²) in [5.74, 6) is 2.12. The van der Waals surface area contributed by atoms with E-state index in [0.717, 1.165) is 38.0 Å². The van der Waals surface area contributed by atoms with Gasteiger partial charge < -0.3 is 19.0 Å². The number of nitriles is 1. The molecule has 0 saturated carbocycles. The second-order valence-electron chi connectivity index (χ2n) is 7.72. The number of methoxy groups -OCH3 is 1. The first-order valence-electron chi connectivity index (χ1n) is 10.2. The van der Waals surface area contributed by atoms with Crippen LogP contribution in [0, 0.1) is 24.2 Å². The van der Waals surface area contributed by atoms with Gasteiger partial charge in [-0.15, -0.1) is 0 Å². The Morgan fingerprint density at radius 2 is 1.93 bits per heavy atom. The van der Waals surface area contributed by atoms with Gasteiger partial charge in [-0.25, -0.2) is 4.98 Å². The monoisotopic (exact) mass is 394 g/mol. The number of hydrogen-bond acceptors (Lipinski definition) is 6. The summed E-state index contributed by atoms with van der Waals surface area (Å²) in [5, 5.41) is 9.25. The van der Waals surface area contributed by atoms with Gasteiger partial charge in [-0.1, -0.05) is 12.1 Å². The number of nitrogens with zero attached hydrogens (tertiary/aromatic N) is 4. The minimum atomic E-state index is 0.0136. The van der Waals surface area contributed by atoms with Crippen LogP contribution in [-0.4, -0.2) is 42.5 Å². The van der Waals surface area contributed by atoms with E-state index >= 15 is 0 Å². The van der Waals surface area contributed by atoms with E-state index in [-0.39, 0.29) is 17.9 Å². The van der Waals surface area contributed by atoms with E-state index in [4.69, 9.17) is 9.15 Å².